The summed E-state index contributed by atoms with van der Waals surface area (Å²) in [6.45, 7) is 4.80. The van der Waals surface area contributed by atoms with Crippen molar-refractivity contribution in [2.75, 3.05) is 17.8 Å². The molecule has 0 amide bonds. The van der Waals surface area contributed by atoms with Crippen LogP contribution in [-0.4, -0.2) is 28.5 Å². The third-order valence-electron chi connectivity index (χ3n) is 2.03. The van der Waals surface area contributed by atoms with Gasteiger partial charge in [-0.3, -0.25) is 0 Å². The molecule has 0 bridgehead atoms. The Morgan fingerprint density at radius 3 is 3.00 bits per heavy atom. The van der Waals surface area contributed by atoms with Crippen LogP contribution in [0, 0.1) is 0 Å². The number of ether oxygens (including phenoxy) is 1. The molecule has 4 nitrogen and oxygen atoms in total. The van der Waals surface area contributed by atoms with Crippen LogP contribution in [0.2, 0.25) is 0 Å². The van der Waals surface area contributed by atoms with E-state index in [4.69, 9.17) is 16.3 Å². The summed E-state index contributed by atoms with van der Waals surface area (Å²) < 4.78 is 5.42. The van der Waals surface area contributed by atoms with Gasteiger partial charge < -0.3 is 10.1 Å². The third-order valence-corrected chi connectivity index (χ3v) is 2.25. The van der Waals surface area contributed by atoms with Crippen molar-refractivity contribution in [1.82, 2.24) is 9.97 Å². The molecule has 0 aromatic carbocycles. The second kappa shape index (κ2) is 7.28. The van der Waals surface area contributed by atoms with Gasteiger partial charge in [0.15, 0.2) is 0 Å². The average molecular weight is 244 g/mol. The highest BCUT2D eigenvalue weighted by Crippen LogP contribution is 2.13. The Labute approximate surface area is 101 Å². The number of rotatable bonds is 7. The SMILES string of the molecule is CCCOc1cc(NC(C)CCCl)ncn1. The number of nitrogens with one attached hydrogen (secondary N) is 1. The second-order valence-electron chi connectivity index (χ2n) is 3.61. The van der Waals surface area contributed by atoms with Gasteiger partial charge in [0.1, 0.15) is 12.1 Å². The van der Waals surface area contributed by atoms with Crippen LogP contribution in [0.4, 0.5) is 5.82 Å². The fourth-order valence-corrected chi connectivity index (χ4v) is 1.52. The van der Waals surface area contributed by atoms with Crippen LogP contribution < -0.4 is 10.1 Å². The quantitative estimate of drug-likeness (QED) is 0.748. The van der Waals surface area contributed by atoms with Crippen molar-refractivity contribution in [1.29, 1.82) is 0 Å². The minimum Gasteiger partial charge on any atom is -0.478 e. The summed E-state index contributed by atoms with van der Waals surface area (Å²) in [5, 5.41) is 3.24. The zero-order valence-corrected chi connectivity index (χ0v) is 10.5. The van der Waals surface area contributed by atoms with Crippen LogP contribution in [0.1, 0.15) is 26.7 Å². The van der Waals surface area contributed by atoms with Crippen LogP contribution >= 0.6 is 11.6 Å². The highest BCUT2D eigenvalue weighted by Gasteiger charge is 2.03. The molecule has 0 fully saturated rings. The summed E-state index contributed by atoms with van der Waals surface area (Å²) in [4.78, 5) is 8.16. The van der Waals surface area contributed by atoms with Crippen LogP contribution in [0.15, 0.2) is 12.4 Å². The summed E-state index contributed by atoms with van der Waals surface area (Å²) in [6.07, 6.45) is 3.37. The van der Waals surface area contributed by atoms with Gasteiger partial charge in [-0.1, -0.05) is 6.92 Å². The second-order valence-corrected chi connectivity index (χ2v) is 3.99. The lowest BCUT2D eigenvalue weighted by atomic mass is 10.2. The molecular weight excluding hydrogens is 226 g/mol. The minimum absolute atomic E-state index is 0.298. The highest BCUT2D eigenvalue weighted by molar-refractivity contribution is 6.17. The van der Waals surface area contributed by atoms with Gasteiger partial charge in [0.05, 0.1) is 6.61 Å². The zero-order valence-electron chi connectivity index (χ0n) is 9.74. The van der Waals surface area contributed by atoms with Crippen molar-refractivity contribution in [3.8, 4) is 5.88 Å². The number of halogens is 1. The number of nitrogens with zero attached hydrogens (tertiary/aromatic N) is 2. The van der Waals surface area contributed by atoms with Gasteiger partial charge in [-0.25, -0.2) is 9.97 Å². The molecule has 0 spiro atoms. The number of hydrogen-bond acceptors (Lipinski definition) is 4. The number of alkyl halides is 1. The monoisotopic (exact) mass is 243 g/mol. The van der Waals surface area contributed by atoms with Crippen molar-refractivity contribution in [3.05, 3.63) is 12.4 Å². The van der Waals surface area contributed by atoms with Crippen molar-refractivity contribution in [3.63, 3.8) is 0 Å². The molecule has 90 valence electrons. The van der Waals surface area contributed by atoms with Crippen LogP contribution in [0.3, 0.4) is 0 Å². The van der Waals surface area contributed by atoms with E-state index in [0.29, 0.717) is 24.4 Å². The molecule has 1 atom stereocenters. The number of aromatic nitrogens is 2. The maximum Gasteiger partial charge on any atom is 0.218 e. The first-order valence-electron chi connectivity index (χ1n) is 5.53. The van der Waals surface area contributed by atoms with Gasteiger partial charge in [0.2, 0.25) is 5.88 Å². The fourth-order valence-electron chi connectivity index (χ4n) is 1.19. The number of anilines is 1. The van der Waals surface area contributed by atoms with Gasteiger partial charge >= 0.3 is 0 Å². The molecule has 1 rings (SSSR count). The summed E-state index contributed by atoms with van der Waals surface area (Å²) in [5.74, 6) is 2.02. The summed E-state index contributed by atoms with van der Waals surface area (Å²) in [7, 11) is 0. The first-order valence-corrected chi connectivity index (χ1v) is 6.07. The van der Waals surface area contributed by atoms with Crippen molar-refractivity contribution >= 4 is 17.4 Å². The summed E-state index contributed by atoms with van der Waals surface area (Å²) in [5.41, 5.74) is 0. The standard InChI is InChI=1S/C11H18ClN3O/c1-3-6-16-11-7-10(13-8-14-11)15-9(2)4-5-12/h7-9H,3-6H2,1-2H3,(H,13,14,15). The van der Waals surface area contributed by atoms with E-state index in [1.165, 1.54) is 6.33 Å². The Morgan fingerprint density at radius 1 is 1.50 bits per heavy atom. The van der Waals surface area contributed by atoms with E-state index in [9.17, 15) is 0 Å². The molecule has 0 aliphatic rings. The van der Waals surface area contributed by atoms with Gasteiger partial charge in [-0.05, 0) is 19.8 Å². The van der Waals surface area contributed by atoms with Crippen LogP contribution in [0.5, 0.6) is 5.88 Å². The third kappa shape index (κ3) is 4.66. The lowest BCUT2D eigenvalue weighted by Gasteiger charge is -2.13. The largest absolute Gasteiger partial charge is 0.478 e. The molecule has 16 heavy (non-hydrogen) atoms. The van der Waals surface area contributed by atoms with E-state index in [0.717, 1.165) is 18.7 Å². The molecule has 0 saturated heterocycles. The first kappa shape index (κ1) is 13.0. The predicted octanol–water partition coefficient (Wildman–Crippen LogP) is 2.69. The van der Waals surface area contributed by atoms with Gasteiger partial charge in [-0.15, -0.1) is 11.6 Å². The molecule has 0 radical (unpaired) electrons. The lowest BCUT2D eigenvalue weighted by Crippen LogP contribution is -2.16. The first-order chi connectivity index (χ1) is 7.76. The lowest BCUT2D eigenvalue weighted by molar-refractivity contribution is 0.305. The van der Waals surface area contributed by atoms with Gasteiger partial charge in [-0.2, -0.15) is 0 Å². The fraction of sp³-hybridized carbons (Fsp3) is 0.636. The zero-order chi connectivity index (χ0) is 11.8. The average Bonchev–Trinajstić information content (AvgIpc) is 2.27. The Hall–Kier alpha value is -1.03. The van der Waals surface area contributed by atoms with Crippen molar-refractivity contribution in [2.24, 2.45) is 0 Å². The molecule has 1 N–H and O–H groups in total. The highest BCUT2D eigenvalue weighted by atomic mass is 35.5. The molecule has 1 aromatic rings. The van der Waals surface area contributed by atoms with Crippen LogP contribution in [0.25, 0.3) is 0 Å². The molecule has 0 aliphatic heterocycles. The van der Waals surface area contributed by atoms with E-state index >= 15 is 0 Å². The minimum atomic E-state index is 0.298. The van der Waals surface area contributed by atoms with E-state index in [1.54, 1.807) is 6.07 Å². The van der Waals surface area contributed by atoms with E-state index < -0.39 is 0 Å². The summed E-state index contributed by atoms with van der Waals surface area (Å²) in [6, 6.07) is 2.10. The molecule has 1 heterocycles. The van der Waals surface area contributed by atoms with Gasteiger partial charge in [0, 0.05) is 18.0 Å². The van der Waals surface area contributed by atoms with Gasteiger partial charge in [0.25, 0.3) is 0 Å². The van der Waals surface area contributed by atoms with E-state index in [1.807, 2.05) is 0 Å². The predicted molar refractivity (Wildman–Crippen MR) is 66.2 cm³/mol. The summed E-state index contributed by atoms with van der Waals surface area (Å²) >= 11 is 5.66. The van der Waals surface area contributed by atoms with Crippen LogP contribution in [-0.2, 0) is 0 Å². The normalized spacial score (nSPS) is 12.2. The maximum atomic E-state index is 5.66. The molecule has 0 aliphatic carbocycles. The Morgan fingerprint density at radius 2 is 2.31 bits per heavy atom. The molecule has 0 saturated carbocycles. The maximum absolute atomic E-state index is 5.66. The Balaban J connectivity index is 2.52. The van der Waals surface area contributed by atoms with Crippen molar-refractivity contribution < 1.29 is 4.74 Å². The topological polar surface area (TPSA) is 47.0 Å². The molecule has 1 unspecified atom stereocenters. The smallest absolute Gasteiger partial charge is 0.218 e. The van der Waals surface area contributed by atoms with E-state index in [2.05, 4.69) is 29.1 Å². The Kier molecular flexibility index (Phi) is 5.93. The molecular formula is C11H18ClN3O. The Bertz CT molecular complexity index is 309. The van der Waals surface area contributed by atoms with E-state index in [-0.39, 0.29) is 0 Å². The number of hydrogen-bond donors (Lipinski definition) is 1. The van der Waals surface area contributed by atoms with Crippen molar-refractivity contribution in [2.45, 2.75) is 32.7 Å². The molecule has 5 heteroatoms. The molecule has 1 aromatic heterocycles.